The number of benzene rings is 1. The molecule has 0 aromatic heterocycles. The van der Waals surface area contributed by atoms with Gasteiger partial charge in [-0.3, -0.25) is 4.79 Å². The van der Waals surface area contributed by atoms with Gasteiger partial charge in [0.2, 0.25) is 0 Å². The molecule has 17 heavy (non-hydrogen) atoms. The van der Waals surface area contributed by atoms with E-state index in [0.717, 1.165) is 17.9 Å². The van der Waals surface area contributed by atoms with Crippen LogP contribution in [0.1, 0.15) is 36.7 Å². The van der Waals surface area contributed by atoms with Gasteiger partial charge < -0.3 is 9.64 Å². The minimum absolute atomic E-state index is 0.0741. The van der Waals surface area contributed by atoms with E-state index < -0.39 is 0 Å². The maximum absolute atomic E-state index is 12.0. The third kappa shape index (κ3) is 2.99. The predicted octanol–water partition coefficient (Wildman–Crippen LogP) is 2.88. The fourth-order valence-electron chi connectivity index (χ4n) is 1.77. The number of amides is 1. The fourth-order valence-corrected chi connectivity index (χ4v) is 1.77. The Morgan fingerprint density at radius 1 is 1.35 bits per heavy atom. The van der Waals surface area contributed by atoms with Crippen LogP contribution < -0.4 is 4.74 Å². The molecule has 0 radical (unpaired) electrons. The number of hydrogen-bond donors (Lipinski definition) is 0. The fraction of sp³-hybridized carbons (Fsp3) is 0.500. The van der Waals surface area contributed by atoms with Gasteiger partial charge in [0, 0.05) is 6.54 Å². The lowest BCUT2D eigenvalue weighted by atomic mass is 10.1. The molecular weight excluding hydrogens is 214 g/mol. The molecule has 0 saturated carbocycles. The zero-order valence-corrected chi connectivity index (χ0v) is 11.1. The quantitative estimate of drug-likeness (QED) is 0.749. The summed E-state index contributed by atoms with van der Waals surface area (Å²) in [6.45, 7) is 9.96. The van der Waals surface area contributed by atoms with E-state index in [1.807, 2.05) is 45.9 Å². The molecule has 0 aliphatic carbocycles. The Hall–Kier alpha value is -1.51. The van der Waals surface area contributed by atoms with Crippen LogP contribution in [0.3, 0.4) is 0 Å². The van der Waals surface area contributed by atoms with Gasteiger partial charge >= 0.3 is 0 Å². The molecule has 0 bridgehead atoms. The second-order valence-electron chi connectivity index (χ2n) is 3.73. The van der Waals surface area contributed by atoms with Crippen LogP contribution in [0.4, 0.5) is 0 Å². The Morgan fingerprint density at radius 2 is 2.06 bits per heavy atom. The largest absolute Gasteiger partial charge is 0.491 e. The second-order valence-corrected chi connectivity index (χ2v) is 3.73. The number of hydrogen-bond acceptors (Lipinski definition) is 2. The molecule has 2 rings (SSSR count). The minimum atomic E-state index is 0.0741. The van der Waals surface area contributed by atoms with Gasteiger partial charge in [-0.25, -0.2) is 0 Å². The van der Waals surface area contributed by atoms with E-state index in [0.29, 0.717) is 18.7 Å². The third-order valence-corrected chi connectivity index (χ3v) is 2.66. The maximum Gasteiger partial charge on any atom is 0.257 e. The van der Waals surface area contributed by atoms with E-state index in [1.165, 1.54) is 0 Å². The molecule has 0 saturated heterocycles. The number of carbonyl (C=O) groups is 1. The Bertz CT molecular complexity index is 388. The number of ether oxygens (including phenoxy) is 1. The highest BCUT2D eigenvalue weighted by Crippen LogP contribution is 2.24. The zero-order chi connectivity index (χ0) is 12.8. The molecule has 3 nitrogen and oxygen atoms in total. The van der Waals surface area contributed by atoms with Crippen molar-refractivity contribution in [1.82, 2.24) is 4.90 Å². The highest BCUT2D eigenvalue weighted by atomic mass is 16.5. The van der Waals surface area contributed by atoms with Crippen molar-refractivity contribution in [2.24, 2.45) is 0 Å². The van der Waals surface area contributed by atoms with Crippen molar-refractivity contribution in [2.45, 2.75) is 27.7 Å². The van der Waals surface area contributed by atoms with Gasteiger partial charge in [-0.1, -0.05) is 19.9 Å². The first-order valence-corrected chi connectivity index (χ1v) is 6.25. The summed E-state index contributed by atoms with van der Waals surface area (Å²) >= 11 is 0. The van der Waals surface area contributed by atoms with Crippen LogP contribution in [0.15, 0.2) is 18.2 Å². The maximum atomic E-state index is 12.0. The summed E-state index contributed by atoms with van der Waals surface area (Å²) in [5.74, 6) is 0.793. The molecule has 1 aliphatic heterocycles. The molecule has 3 heteroatoms. The van der Waals surface area contributed by atoms with E-state index in [2.05, 4.69) is 0 Å². The van der Waals surface area contributed by atoms with Gasteiger partial charge in [0.1, 0.15) is 12.4 Å². The average molecular weight is 235 g/mol. The molecule has 94 valence electrons. The second kappa shape index (κ2) is 6.28. The number of fused-ring (bicyclic) bond motifs is 1. The minimum Gasteiger partial charge on any atom is -0.491 e. The van der Waals surface area contributed by atoms with Gasteiger partial charge in [0.05, 0.1) is 12.1 Å². The monoisotopic (exact) mass is 235 g/mol. The standard InChI is InChI=1S/C12H15NO2.C2H6/c1-3-13-6-7-15-11-8-9(2)4-5-10(11)12(13)14;1-2/h4-5,8H,3,6-7H2,1-2H3;1-2H3. The van der Waals surface area contributed by atoms with Crippen LogP contribution in [-0.4, -0.2) is 30.5 Å². The zero-order valence-electron chi connectivity index (χ0n) is 11.1. The van der Waals surface area contributed by atoms with Crippen molar-refractivity contribution in [3.05, 3.63) is 29.3 Å². The Morgan fingerprint density at radius 3 is 2.71 bits per heavy atom. The van der Waals surface area contributed by atoms with Crippen LogP contribution in [-0.2, 0) is 0 Å². The van der Waals surface area contributed by atoms with E-state index in [9.17, 15) is 4.79 Å². The van der Waals surface area contributed by atoms with Crippen molar-refractivity contribution >= 4 is 5.91 Å². The Kier molecular flexibility index (Phi) is 5.01. The van der Waals surface area contributed by atoms with E-state index >= 15 is 0 Å². The molecule has 1 aliphatic rings. The van der Waals surface area contributed by atoms with Crippen LogP contribution in [0.25, 0.3) is 0 Å². The van der Waals surface area contributed by atoms with Crippen LogP contribution in [0.2, 0.25) is 0 Å². The van der Waals surface area contributed by atoms with E-state index in [4.69, 9.17) is 4.74 Å². The summed E-state index contributed by atoms with van der Waals surface area (Å²) in [6, 6.07) is 5.71. The van der Waals surface area contributed by atoms with E-state index in [1.54, 1.807) is 4.90 Å². The molecule has 1 amide bonds. The van der Waals surface area contributed by atoms with Crippen molar-refractivity contribution in [1.29, 1.82) is 0 Å². The van der Waals surface area contributed by atoms with Crippen molar-refractivity contribution in [3.8, 4) is 5.75 Å². The van der Waals surface area contributed by atoms with E-state index in [-0.39, 0.29) is 5.91 Å². The molecular formula is C14H21NO2. The van der Waals surface area contributed by atoms with Gasteiger partial charge in [-0.15, -0.1) is 0 Å². The summed E-state index contributed by atoms with van der Waals surface area (Å²) in [5.41, 5.74) is 1.80. The Balaban J connectivity index is 0.000000686. The first-order valence-electron chi connectivity index (χ1n) is 6.25. The molecule has 0 spiro atoms. The SMILES string of the molecule is CC.CCN1CCOc2cc(C)ccc2C1=O. The predicted molar refractivity (Wildman–Crippen MR) is 69.6 cm³/mol. The smallest absolute Gasteiger partial charge is 0.257 e. The van der Waals surface area contributed by atoms with Crippen LogP contribution in [0.5, 0.6) is 5.75 Å². The third-order valence-electron chi connectivity index (χ3n) is 2.66. The molecule has 0 fully saturated rings. The molecule has 1 heterocycles. The molecule has 0 unspecified atom stereocenters. The average Bonchev–Trinajstić information content (AvgIpc) is 2.51. The first kappa shape index (κ1) is 13.6. The number of aryl methyl sites for hydroxylation is 1. The first-order chi connectivity index (χ1) is 8.22. The molecule has 1 aromatic carbocycles. The molecule has 1 aromatic rings. The van der Waals surface area contributed by atoms with Crippen molar-refractivity contribution in [3.63, 3.8) is 0 Å². The summed E-state index contributed by atoms with van der Waals surface area (Å²) in [6.07, 6.45) is 0. The number of nitrogens with zero attached hydrogens (tertiary/aromatic N) is 1. The van der Waals surface area contributed by atoms with Crippen LogP contribution in [0, 0.1) is 6.92 Å². The van der Waals surface area contributed by atoms with Crippen molar-refractivity contribution < 1.29 is 9.53 Å². The number of carbonyl (C=O) groups excluding carboxylic acids is 1. The molecule has 0 atom stereocenters. The Labute approximate surface area is 103 Å². The summed E-state index contributed by atoms with van der Waals surface area (Å²) in [7, 11) is 0. The van der Waals surface area contributed by atoms with Crippen LogP contribution >= 0.6 is 0 Å². The summed E-state index contributed by atoms with van der Waals surface area (Å²) in [4.78, 5) is 13.8. The lowest BCUT2D eigenvalue weighted by molar-refractivity contribution is 0.0765. The lowest BCUT2D eigenvalue weighted by Gasteiger charge is -2.16. The highest BCUT2D eigenvalue weighted by Gasteiger charge is 2.21. The van der Waals surface area contributed by atoms with Gasteiger partial charge in [0.25, 0.3) is 5.91 Å². The normalized spacial score (nSPS) is 14.1. The summed E-state index contributed by atoms with van der Waals surface area (Å²) < 4.78 is 5.57. The van der Waals surface area contributed by atoms with Gasteiger partial charge in [-0.05, 0) is 31.5 Å². The van der Waals surface area contributed by atoms with Gasteiger partial charge in [0.15, 0.2) is 0 Å². The number of rotatable bonds is 1. The number of likely N-dealkylation sites (N-methyl/N-ethyl adjacent to an activating group) is 1. The van der Waals surface area contributed by atoms with Crippen molar-refractivity contribution in [2.75, 3.05) is 19.7 Å². The molecule has 0 N–H and O–H groups in total. The highest BCUT2D eigenvalue weighted by molar-refractivity contribution is 5.97. The topological polar surface area (TPSA) is 29.5 Å². The van der Waals surface area contributed by atoms with Gasteiger partial charge in [-0.2, -0.15) is 0 Å². The summed E-state index contributed by atoms with van der Waals surface area (Å²) in [5, 5.41) is 0. The lowest BCUT2D eigenvalue weighted by Crippen LogP contribution is -2.31.